The number of hydrogen-bond donors (Lipinski definition) is 3. The van der Waals surface area contributed by atoms with Crippen LogP contribution in [-0.2, 0) is 11.2 Å². The number of carboxylic acids is 1. The maximum absolute atomic E-state index is 10.8. The Hall–Kier alpha value is -0.793. The van der Waals surface area contributed by atoms with Gasteiger partial charge in [0.2, 0.25) is 0 Å². The van der Waals surface area contributed by atoms with Crippen molar-refractivity contribution >= 4 is 5.97 Å². The summed E-state index contributed by atoms with van der Waals surface area (Å²) in [6, 6.07) is 6.94. The molecule has 3 N–H and O–H groups in total. The average molecular weight is 243 g/mol. The maximum Gasteiger partial charge on any atom is 1.00 e. The van der Waals surface area contributed by atoms with Gasteiger partial charge in [0.05, 0.1) is 6.10 Å². The van der Waals surface area contributed by atoms with Crippen molar-refractivity contribution in [3.63, 3.8) is 0 Å². The molecule has 0 aromatic heterocycles. The molecular formula is C13H18LiNO3. The molecule has 94 valence electrons. The Kier molecular flexibility index (Phi) is 5.42. The Balaban J connectivity index is 0.00000162. The third kappa shape index (κ3) is 3.15. The van der Waals surface area contributed by atoms with Crippen molar-refractivity contribution in [3.05, 3.63) is 35.4 Å². The fraction of sp³-hybridized carbons (Fsp3) is 0.462. The summed E-state index contributed by atoms with van der Waals surface area (Å²) in [4.78, 5) is 10.8. The molecule has 0 aliphatic heterocycles. The second-order valence-corrected chi connectivity index (χ2v) is 4.52. The van der Waals surface area contributed by atoms with Gasteiger partial charge in [-0.3, -0.25) is 10.1 Å². The van der Waals surface area contributed by atoms with E-state index in [2.05, 4.69) is 5.32 Å². The number of carbonyl (C=O) groups is 1. The molecule has 0 saturated heterocycles. The molecule has 4 nitrogen and oxygen atoms in total. The van der Waals surface area contributed by atoms with E-state index in [0.29, 0.717) is 0 Å². The molecule has 0 bridgehead atoms. The summed E-state index contributed by atoms with van der Waals surface area (Å²) in [7, 11) is 0. The summed E-state index contributed by atoms with van der Waals surface area (Å²) in [5.74, 6) is -0.893. The van der Waals surface area contributed by atoms with Crippen molar-refractivity contribution in [2.75, 3.05) is 0 Å². The molecule has 0 amide bonds. The first-order valence-corrected chi connectivity index (χ1v) is 5.84. The number of nitrogens with one attached hydrogen (secondary N) is 1. The summed E-state index contributed by atoms with van der Waals surface area (Å²) in [6.45, 7) is 1.59. The van der Waals surface area contributed by atoms with Gasteiger partial charge in [0, 0.05) is 6.04 Å². The SMILES string of the molecule is CC(NC1CCc2ccccc2C1O)C(=O)O.[H-].[Li+]. The Labute approximate surface area is 120 Å². The van der Waals surface area contributed by atoms with Crippen molar-refractivity contribution in [2.45, 2.75) is 38.0 Å². The minimum Gasteiger partial charge on any atom is -1.00 e. The van der Waals surface area contributed by atoms with Gasteiger partial charge in [0.15, 0.2) is 0 Å². The van der Waals surface area contributed by atoms with Gasteiger partial charge in [-0.2, -0.15) is 0 Å². The molecule has 1 aliphatic carbocycles. The number of fused-ring (bicyclic) bond motifs is 1. The van der Waals surface area contributed by atoms with Gasteiger partial charge >= 0.3 is 24.8 Å². The number of aryl methyl sites for hydroxylation is 1. The summed E-state index contributed by atoms with van der Waals surface area (Å²) >= 11 is 0. The molecule has 3 unspecified atom stereocenters. The van der Waals surface area contributed by atoms with E-state index < -0.39 is 18.1 Å². The van der Waals surface area contributed by atoms with Crippen LogP contribution >= 0.6 is 0 Å². The van der Waals surface area contributed by atoms with Crippen molar-refractivity contribution < 1.29 is 35.3 Å². The number of carboxylic acid groups (broad SMARTS) is 1. The first-order chi connectivity index (χ1) is 8.09. The number of rotatable bonds is 3. The molecule has 2 rings (SSSR count). The zero-order chi connectivity index (χ0) is 12.4. The number of hydrogen-bond acceptors (Lipinski definition) is 3. The topological polar surface area (TPSA) is 69.6 Å². The van der Waals surface area contributed by atoms with Crippen LogP contribution in [0.5, 0.6) is 0 Å². The van der Waals surface area contributed by atoms with Crippen molar-refractivity contribution in [1.29, 1.82) is 0 Å². The number of aliphatic hydroxyl groups is 1. The van der Waals surface area contributed by atoms with E-state index in [-0.39, 0.29) is 26.3 Å². The Morgan fingerprint density at radius 2 is 2.17 bits per heavy atom. The molecule has 1 aromatic rings. The summed E-state index contributed by atoms with van der Waals surface area (Å²) < 4.78 is 0. The summed E-state index contributed by atoms with van der Waals surface area (Å²) in [5, 5.41) is 22.0. The molecule has 18 heavy (non-hydrogen) atoms. The van der Waals surface area contributed by atoms with Crippen LogP contribution in [-0.4, -0.2) is 28.3 Å². The van der Waals surface area contributed by atoms with Gasteiger partial charge in [-0.05, 0) is 30.9 Å². The van der Waals surface area contributed by atoms with Gasteiger partial charge < -0.3 is 11.6 Å². The molecule has 0 spiro atoms. The Bertz CT molecular complexity index is 430. The second kappa shape index (κ2) is 6.40. The zero-order valence-electron chi connectivity index (χ0n) is 11.8. The zero-order valence-corrected chi connectivity index (χ0v) is 10.8. The predicted molar refractivity (Wildman–Crippen MR) is 64.9 cm³/mol. The largest absolute Gasteiger partial charge is 1.00 e. The Morgan fingerprint density at radius 3 is 2.83 bits per heavy atom. The fourth-order valence-corrected chi connectivity index (χ4v) is 2.30. The predicted octanol–water partition coefficient (Wildman–Crippen LogP) is -1.79. The van der Waals surface area contributed by atoms with Crippen molar-refractivity contribution in [2.24, 2.45) is 0 Å². The van der Waals surface area contributed by atoms with E-state index in [0.717, 1.165) is 24.0 Å². The first-order valence-electron chi connectivity index (χ1n) is 5.84. The third-order valence-electron chi connectivity index (χ3n) is 3.31. The standard InChI is InChI=1S/C13H17NO3.Li.H/c1-8(13(16)17)14-11-7-6-9-4-2-3-5-10(9)12(11)15;;/h2-5,8,11-12,14-15H,6-7H2,1H3,(H,16,17);;/q;+1;-1. The quantitative estimate of drug-likeness (QED) is 0.549. The molecule has 0 heterocycles. The van der Waals surface area contributed by atoms with Crippen LogP contribution < -0.4 is 24.2 Å². The van der Waals surface area contributed by atoms with E-state index in [1.54, 1.807) is 6.92 Å². The molecule has 5 heteroatoms. The van der Waals surface area contributed by atoms with Crippen LogP contribution in [0.25, 0.3) is 0 Å². The smallest absolute Gasteiger partial charge is 1.00 e. The van der Waals surface area contributed by atoms with Gasteiger partial charge in [0.25, 0.3) is 0 Å². The minimum atomic E-state index is -0.893. The number of aliphatic hydroxyl groups excluding tert-OH is 1. The fourth-order valence-electron chi connectivity index (χ4n) is 2.30. The number of benzene rings is 1. The molecule has 0 radical (unpaired) electrons. The second-order valence-electron chi connectivity index (χ2n) is 4.52. The van der Waals surface area contributed by atoms with E-state index in [4.69, 9.17) is 5.11 Å². The van der Waals surface area contributed by atoms with E-state index in [1.807, 2.05) is 24.3 Å². The van der Waals surface area contributed by atoms with E-state index in [9.17, 15) is 9.90 Å². The van der Waals surface area contributed by atoms with Gasteiger partial charge in [-0.1, -0.05) is 24.3 Å². The summed E-state index contributed by atoms with van der Waals surface area (Å²) in [5.41, 5.74) is 2.06. The van der Waals surface area contributed by atoms with Crippen LogP contribution in [0, 0.1) is 0 Å². The van der Waals surface area contributed by atoms with E-state index in [1.165, 1.54) is 0 Å². The van der Waals surface area contributed by atoms with Gasteiger partial charge in [-0.25, -0.2) is 0 Å². The van der Waals surface area contributed by atoms with Crippen LogP contribution in [0.1, 0.15) is 32.0 Å². The molecular weight excluding hydrogens is 225 g/mol. The van der Waals surface area contributed by atoms with Gasteiger partial charge in [0.1, 0.15) is 6.04 Å². The molecule has 3 atom stereocenters. The van der Waals surface area contributed by atoms with Crippen LogP contribution in [0.2, 0.25) is 0 Å². The summed E-state index contributed by atoms with van der Waals surface area (Å²) in [6.07, 6.45) is 1.01. The Morgan fingerprint density at radius 1 is 1.50 bits per heavy atom. The maximum atomic E-state index is 10.8. The van der Waals surface area contributed by atoms with Crippen LogP contribution in [0.4, 0.5) is 0 Å². The van der Waals surface area contributed by atoms with Crippen molar-refractivity contribution in [3.8, 4) is 0 Å². The number of aliphatic carboxylic acids is 1. The average Bonchev–Trinajstić information content (AvgIpc) is 2.33. The van der Waals surface area contributed by atoms with Crippen molar-refractivity contribution in [1.82, 2.24) is 5.32 Å². The molecule has 1 aliphatic rings. The molecule has 0 fully saturated rings. The third-order valence-corrected chi connectivity index (χ3v) is 3.31. The van der Waals surface area contributed by atoms with Gasteiger partial charge in [-0.15, -0.1) is 0 Å². The first kappa shape index (κ1) is 15.3. The molecule has 1 aromatic carbocycles. The minimum absolute atomic E-state index is 0. The molecule has 0 saturated carbocycles. The van der Waals surface area contributed by atoms with Crippen LogP contribution in [0.15, 0.2) is 24.3 Å². The normalized spacial score (nSPS) is 23.7. The van der Waals surface area contributed by atoms with E-state index >= 15 is 0 Å². The van der Waals surface area contributed by atoms with Crippen LogP contribution in [0.3, 0.4) is 0 Å². The monoisotopic (exact) mass is 243 g/mol.